The van der Waals surface area contributed by atoms with Crippen molar-refractivity contribution < 1.29 is 9.84 Å². The van der Waals surface area contributed by atoms with Gasteiger partial charge in [-0.15, -0.1) is 0 Å². The predicted octanol–water partition coefficient (Wildman–Crippen LogP) is 3.35. The molecule has 2 nitrogen and oxygen atoms in total. The van der Waals surface area contributed by atoms with Gasteiger partial charge < -0.3 is 9.84 Å². The Morgan fingerprint density at radius 2 is 2.06 bits per heavy atom. The molecule has 2 atom stereocenters. The Hall–Kier alpha value is -1.02. The predicted molar refractivity (Wildman–Crippen MR) is 69.4 cm³/mol. The van der Waals surface area contributed by atoms with Gasteiger partial charge in [0.25, 0.3) is 0 Å². The molecule has 0 spiro atoms. The van der Waals surface area contributed by atoms with E-state index in [9.17, 15) is 5.11 Å². The third-order valence-corrected chi connectivity index (χ3v) is 3.48. The van der Waals surface area contributed by atoms with Gasteiger partial charge in [0.05, 0.1) is 12.7 Å². The standard InChI is InChI=1S/C15H22O2/c1-11(2)6-5-8-14(16)13-10-17-15-9-4-3-7-12(13)15/h3-4,7,9,11,13-14,16H,5-6,8,10H2,1-2H3. The number of para-hydroxylation sites is 1. The fourth-order valence-corrected chi connectivity index (χ4v) is 2.44. The second kappa shape index (κ2) is 5.54. The Kier molecular flexibility index (Phi) is 4.06. The minimum Gasteiger partial charge on any atom is -0.493 e. The lowest BCUT2D eigenvalue weighted by molar-refractivity contribution is 0.116. The Balaban J connectivity index is 1.91. The molecule has 0 bridgehead atoms. The second-order valence-corrected chi connectivity index (χ2v) is 5.35. The first-order valence-electron chi connectivity index (χ1n) is 6.58. The highest BCUT2D eigenvalue weighted by Crippen LogP contribution is 2.36. The van der Waals surface area contributed by atoms with E-state index in [-0.39, 0.29) is 12.0 Å². The molecule has 1 aromatic carbocycles. The molecule has 1 aliphatic heterocycles. The van der Waals surface area contributed by atoms with Crippen molar-refractivity contribution in [3.63, 3.8) is 0 Å². The topological polar surface area (TPSA) is 29.5 Å². The van der Waals surface area contributed by atoms with E-state index in [0.29, 0.717) is 12.5 Å². The molecule has 1 N–H and O–H groups in total. The van der Waals surface area contributed by atoms with Crippen LogP contribution in [0.1, 0.15) is 44.6 Å². The molecule has 0 saturated carbocycles. The molecule has 94 valence electrons. The third kappa shape index (κ3) is 3.01. The van der Waals surface area contributed by atoms with Gasteiger partial charge in [-0.2, -0.15) is 0 Å². The molecule has 1 aliphatic rings. The van der Waals surface area contributed by atoms with Crippen molar-refractivity contribution in [2.45, 2.75) is 45.1 Å². The van der Waals surface area contributed by atoms with E-state index in [1.165, 1.54) is 12.0 Å². The number of fused-ring (bicyclic) bond motifs is 1. The van der Waals surface area contributed by atoms with E-state index >= 15 is 0 Å². The summed E-state index contributed by atoms with van der Waals surface area (Å²) in [4.78, 5) is 0. The molecule has 0 saturated heterocycles. The van der Waals surface area contributed by atoms with Crippen LogP contribution >= 0.6 is 0 Å². The zero-order valence-corrected chi connectivity index (χ0v) is 10.7. The number of benzene rings is 1. The molecular weight excluding hydrogens is 212 g/mol. The fraction of sp³-hybridized carbons (Fsp3) is 0.600. The summed E-state index contributed by atoms with van der Waals surface area (Å²) in [5, 5.41) is 10.2. The lowest BCUT2D eigenvalue weighted by atomic mass is 9.91. The van der Waals surface area contributed by atoms with Crippen molar-refractivity contribution in [3.8, 4) is 5.75 Å². The first-order chi connectivity index (χ1) is 8.18. The number of ether oxygens (including phenoxy) is 1. The van der Waals surface area contributed by atoms with Crippen LogP contribution in [0.3, 0.4) is 0 Å². The van der Waals surface area contributed by atoms with E-state index in [2.05, 4.69) is 19.9 Å². The van der Waals surface area contributed by atoms with E-state index in [0.717, 1.165) is 18.6 Å². The molecular formula is C15H22O2. The molecule has 2 heteroatoms. The molecule has 0 aliphatic carbocycles. The van der Waals surface area contributed by atoms with Crippen molar-refractivity contribution in [3.05, 3.63) is 29.8 Å². The third-order valence-electron chi connectivity index (χ3n) is 3.48. The van der Waals surface area contributed by atoms with E-state index in [1.54, 1.807) is 0 Å². The van der Waals surface area contributed by atoms with Gasteiger partial charge in [-0.05, 0) is 18.4 Å². The second-order valence-electron chi connectivity index (χ2n) is 5.35. The van der Waals surface area contributed by atoms with Crippen LogP contribution in [0.5, 0.6) is 5.75 Å². The first-order valence-corrected chi connectivity index (χ1v) is 6.58. The van der Waals surface area contributed by atoms with E-state index in [1.807, 2.05) is 18.2 Å². The van der Waals surface area contributed by atoms with Gasteiger partial charge in [0.1, 0.15) is 5.75 Å². The Morgan fingerprint density at radius 1 is 1.29 bits per heavy atom. The Bertz CT molecular complexity index is 360. The van der Waals surface area contributed by atoms with Crippen LogP contribution in [0.4, 0.5) is 0 Å². The Labute approximate surface area is 104 Å². The van der Waals surface area contributed by atoms with Crippen molar-refractivity contribution in [1.29, 1.82) is 0 Å². The monoisotopic (exact) mass is 234 g/mol. The normalized spacial score (nSPS) is 20.1. The van der Waals surface area contributed by atoms with Gasteiger partial charge in [0.2, 0.25) is 0 Å². The highest BCUT2D eigenvalue weighted by atomic mass is 16.5. The van der Waals surface area contributed by atoms with Gasteiger partial charge in [0, 0.05) is 11.5 Å². The van der Waals surface area contributed by atoms with Crippen LogP contribution in [0, 0.1) is 5.92 Å². The lowest BCUT2D eigenvalue weighted by Gasteiger charge is -2.17. The largest absolute Gasteiger partial charge is 0.493 e. The summed E-state index contributed by atoms with van der Waals surface area (Å²) >= 11 is 0. The van der Waals surface area contributed by atoms with Gasteiger partial charge >= 0.3 is 0 Å². The average molecular weight is 234 g/mol. The highest BCUT2D eigenvalue weighted by Gasteiger charge is 2.29. The average Bonchev–Trinajstić information content (AvgIpc) is 2.72. The van der Waals surface area contributed by atoms with Crippen molar-refractivity contribution in [2.75, 3.05) is 6.61 Å². The van der Waals surface area contributed by atoms with Crippen LogP contribution in [-0.2, 0) is 0 Å². The lowest BCUT2D eigenvalue weighted by Crippen LogP contribution is -2.19. The molecule has 2 rings (SSSR count). The van der Waals surface area contributed by atoms with E-state index in [4.69, 9.17) is 4.74 Å². The molecule has 1 aromatic rings. The van der Waals surface area contributed by atoms with Crippen molar-refractivity contribution in [2.24, 2.45) is 5.92 Å². The number of rotatable bonds is 5. The van der Waals surface area contributed by atoms with Gasteiger partial charge in [0.15, 0.2) is 0 Å². The number of hydrogen-bond acceptors (Lipinski definition) is 2. The zero-order chi connectivity index (χ0) is 12.3. The summed E-state index contributed by atoms with van der Waals surface area (Å²) in [5.41, 5.74) is 1.17. The SMILES string of the molecule is CC(C)CCCC(O)C1COc2ccccc21. The molecule has 2 unspecified atom stereocenters. The Morgan fingerprint density at radius 3 is 2.82 bits per heavy atom. The number of aliphatic hydroxyl groups is 1. The molecule has 17 heavy (non-hydrogen) atoms. The molecule has 0 radical (unpaired) electrons. The fourth-order valence-electron chi connectivity index (χ4n) is 2.44. The summed E-state index contributed by atoms with van der Waals surface area (Å²) in [6.07, 6.45) is 2.89. The summed E-state index contributed by atoms with van der Waals surface area (Å²) < 4.78 is 5.60. The van der Waals surface area contributed by atoms with Crippen molar-refractivity contribution >= 4 is 0 Å². The molecule has 0 amide bonds. The molecule has 0 aromatic heterocycles. The highest BCUT2D eigenvalue weighted by molar-refractivity contribution is 5.40. The number of hydrogen-bond donors (Lipinski definition) is 1. The van der Waals surface area contributed by atoms with Crippen LogP contribution in [0.25, 0.3) is 0 Å². The van der Waals surface area contributed by atoms with Crippen LogP contribution in [0.2, 0.25) is 0 Å². The minimum absolute atomic E-state index is 0.165. The van der Waals surface area contributed by atoms with Crippen molar-refractivity contribution in [1.82, 2.24) is 0 Å². The molecule has 1 heterocycles. The van der Waals surface area contributed by atoms with Gasteiger partial charge in [-0.1, -0.05) is 44.9 Å². The smallest absolute Gasteiger partial charge is 0.123 e. The summed E-state index contributed by atoms with van der Waals surface area (Å²) in [6.45, 7) is 5.07. The maximum atomic E-state index is 10.2. The summed E-state index contributed by atoms with van der Waals surface area (Å²) in [6, 6.07) is 8.04. The minimum atomic E-state index is -0.266. The maximum Gasteiger partial charge on any atom is 0.123 e. The molecule has 0 fully saturated rings. The summed E-state index contributed by atoms with van der Waals surface area (Å²) in [5.74, 6) is 1.83. The van der Waals surface area contributed by atoms with Crippen LogP contribution in [-0.4, -0.2) is 17.8 Å². The van der Waals surface area contributed by atoms with Crippen LogP contribution in [0.15, 0.2) is 24.3 Å². The van der Waals surface area contributed by atoms with Gasteiger partial charge in [-0.3, -0.25) is 0 Å². The maximum absolute atomic E-state index is 10.2. The van der Waals surface area contributed by atoms with Gasteiger partial charge in [-0.25, -0.2) is 0 Å². The zero-order valence-electron chi connectivity index (χ0n) is 10.7. The number of aliphatic hydroxyl groups excluding tert-OH is 1. The first kappa shape index (κ1) is 12.4. The summed E-state index contributed by atoms with van der Waals surface area (Å²) in [7, 11) is 0. The van der Waals surface area contributed by atoms with Crippen LogP contribution < -0.4 is 4.74 Å². The van der Waals surface area contributed by atoms with E-state index < -0.39 is 0 Å². The quantitative estimate of drug-likeness (QED) is 0.846.